The highest BCUT2D eigenvalue weighted by molar-refractivity contribution is 7.85. The molecular formula is C26H21Cl2N3O6S. The average Bonchev–Trinajstić information content (AvgIpc) is 2.87. The van der Waals surface area contributed by atoms with Crippen LogP contribution >= 0.6 is 23.2 Å². The first-order valence-electron chi connectivity index (χ1n) is 11.1. The number of aromatic hydroxyl groups is 1. The van der Waals surface area contributed by atoms with E-state index in [-0.39, 0.29) is 37.6 Å². The van der Waals surface area contributed by atoms with Crippen LogP contribution in [0.15, 0.2) is 75.8 Å². The van der Waals surface area contributed by atoms with Crippen molar-refractivity contribution in [2.24, 2.45) is 10.2 Å². The summed E-state index contributed by atoms with van der Waals surface area (Å²) in [4.78, 5) is 12.9. The van der Waals surface area contributed by atoms with E-state index in [1.807, 2.05) is 0 Å². The fourth-order valence-corrected chi connectivity index (χ4v) is 5.15. The number of aryl methyl sites for hydroxylation is 1. The number of azo groups is 1. The Morgan fingerprint density at radius 3 is 2.45 bits per heavy atom. The molecule has 0 heterocycles. The van der Waals surface area contributed by atoms with Crippen molar-refractivity contribution in [2.75, 3.05) is 12.4 Å². The first-order valence-corrected chi connectivity index (χ1v) is 13.3. The van der Waals surface area contributed by atoms with Gasteiger partial charge in [-0.15, -0.1) is 10.2 Å². The molecule has 0 radical (unpaired) electrons. The van der Waals surface area contributed by atoms with Gasteiger partial charge in [0, 0.05) is 5.39 Å². The molecule has 4 rings (SSSR count). The number of hydrogen-bond donors (Lipinski definition) is 3. The lowest BCUT2D eigenvalue weighted by molar-refractivity contribution is 0.102. The van der Waals surface area contributed by atoms with Crippen molar-refractivity contribution in [3.8, 4) is 11.5 Å². The van der Waals surface area contributed by atoms with E-state index in [0.29, 0.717) is 28.4 Å². The lowest BCUT2D eigenvalue weighted by atomic mass is 10.0. The zero-order chi connectivity index (χ0) is 27.6. The number of nitrogens with zero attached hydrogens (tertiary/aromatic N) is 2. The van der Waals surface area contributed by atoms with Crippen molar-refractivity contribution in [1.29, 1.82) is 0 Å². The molecule has 0 spiro atoms. The lowest BCUT2D eigenvalue weighted by Crippen LogP contribution is -2.13. The van der Waals surface area contributed by atoms with Crippen LogP contribution in [-0.2, 0) is 16.5 Å². The molecule has 3 N–H and O–H groups in total. The number of phenolic OH excluding ortho intramolecular Hbond substituents is 1. The van der Waals surface area contributed by atoms with Gasteiger partial charge in [-0.25, -0.2) is 0 Å². The number of anilines is 1. The Labute approximate surface area is 228 Å². The standard InChI is InChI=1S/C26H21Cl2N3O6S/c1-3-14-12-19(28)21(13-22(14)38(34,35)36)30-31-23-16-8-5-4-7-15(16)11-17(24(23)32)26(33)29-20-10-6-9-18(27)25(20)37-2/h4-13,32H,3H2,1-2H3,(H,29,33)(H,34,35,36). The Hall–Kier alpha value is -3.70. The van der Waals surface area contributed by atoms with Gasteiger partial charge in [0.05, 0.1) is 33.3 Å². The van der Waals surface area contributed by atoms with Crippen LogP contribution in [0.25, 0.3) is 10.8 Å². The number of halogens is 2. The van der Waals surface area contributed by atoms with E-state index in [9.17, 15) is 22.9 Å². The monoisotopic (exact) mass is 573 g/mol. The summed E-state index contributed by atoms with van der Waals surface area (Å²) in [6.07, 6.45) is 0.298. The number of carbonyl (C=O) groups is 1. The Bertz CT molecular complexity index is 1710. The highest BCUT2D eigenvalue weighted by atomic mass is 35.5. The van der Waals surface area contributed by atoms with Crippen molar-refractivity contribution < 1.29 is 27.6 Å². The lowest BCUT2D eigenvalue weighted by Gasteiger charge is -2.14. The molecule has 0 bridgehead atoms. The maximum atomic E-state index is 13.2. The van der Waals surface area contributed by atoms with E-state index >= 15 is 0 Å². The number of para-hydroxylation sites is 1. The highest BCUT2D eigenvalue weighted by Crippen LogP contribution is 2.41. The third kappa shape index (κ3) is 5.44. The zero-order valence-electron chi connectivity index (χ0n) is 20.1. The van der Waals surface area contributed by atoms with Crippen LogP contribution in [0.4, 0.5) is 17.1 Å². The van der Waals surface area contributed by atoms with E-state index < -0.39 is 21.8 Å². The third-order valence-electron chi connectivity index (χ3n) is 5.71. The largest absolute Gasteiger partial charge is 0.505 e. The van der Waals surface area contributed by atoms with Crippen molar-refractivity contribution in [3.05, 3.63) is 81.8 Å². The molecule has 9 nitrogen and oxygen atoms in total. The second kappa shape index (κ2) is 11.0. The van der Waals surface area contributed by atoms with Gasteiger partial charge >= 0.3 is 0 Å². The van der Waals surface area contributed by atoms with Crippen LogP contribution in [0, 0.1) is 0 Å². The maximum absolute atomic E-state index is 13.2. The second-order valence-corrected chi connectivity index (χ2v) is 10.3. The summed E-state index contributed by atoms with van der Waals surface area (Å²) < 4.78 is 38.6. The Morgan fingerprint density at radius 1 is 1.03 bits per heavy atom. The van der Waals surface area contributed by atoms with E-state index in [0.717, 1.165) is 6.07 Å². The minimum Gasteiger partial charge on any atom is -0.505 e. The predicted molar refractivity (Wildman–Crippen MR) is 146 cm³/mol. The fraction of sp³-hybridized carbons (Fsp3) is 0.115. The summed E-state index contributed by atoms with van der Waals surface area (Å²) >= 11 is 12.4. The van der Waals surface area contributed by atoms with Gasteiger partial charge in [-0.2, -0.15) is 8.42 Å². The SMILES string of the molecule is CCc1cc(Cl)c(N=Nc2c(O)c(C(=O)Nc3cccc(Cl)c3OC)cc3ccccc23)cc1S(=O)(=O)O. The van der Waals surface area contributed by atoms with Crippen molar-refractivity contribution in [2.45, 2.75) is 18.2 Å². The van der Waals surface area contributed by atoms with Crippen molar-refractivity contribution in [1.82, 2.24) is 0 Å². The zero-order valence-corrected chi connectivity index (χ0v) is 22.4. The molecule has 12 heteroatoms. The number of ether oxygens (including phenoxy) is 1. The second-order valence-electron chi connectivity index (χ2n) is 8.06. The molecule has 0 aromatic heterocycles. The topological polar surface area (TPSA) is 138 Å². The summed E-state index contributed by atoms with van der Waals surface area (Å²) in [6, 6.07) is 15.7. The third-order valence-corrected chi connectivity index (χ3v) is 7.24. The molecule has 4 aromatic carbocycles. The van der Waals surface area contributed by atoms with Gasteiger partial charge in [0.25, 0.3) is 16.0 Å². The molecule has 0 unspecified atom stereocenters. The number of carbonyl (C=O) groups excluding carboxylic acids is 1. The summed E-state index contributed by atoms with van der Waals surface area (Å²) in [6.45, 7) is 1.71. The van der Waals surface area contributed by atoms with Crippen LogP contribution in [0.5, 0.6) is 11.5 Å². The molecule has 0 fully saturated rings. The van der Waals surface area contributed by atoms with Crippen molar-refractivity contribution >= 4 is 67.1 Å². The molecule has 196 valence electrons. The highest BCUT2D eigenvalue weighted by Gasteiger charge is 2.21. The van der Waals surface area contributed by atoms with Crippen LogP contribution < -0.4 is 10.1 Å². The molecule has 0 aliphatic rings. The molecule has 38 heavy (non-hydrogen) atoms. The number of methoxy groups -OCH3 is 1. The number of amides is 1. The Balaban J connectivity index is 1.83. The summed E-state index contributed by atoms with van der Waals surface area (Å²) in [5.41, 5.74) is 0.390. The number of fused-ring (bicyclic) bond motifs is 1. The van der Waals surface area contributed by atoms with Crippen LogP contribution in [0.2, 0.25) is 10.0 Å². The number of hydrogen-bond acceptors (Lipinski definition) is 7. The van der Waals surface area contributed by atoms with Gasteiger partial charge in [-0.3, -0.25) is 9.35 Å². The van der Waals surface area contributed by atoms with E-state index in [4.69, 9.17) is 27.9 Å². The van der Waals surface area contributed by atoms with E-state index in [2.05, 4.69) is 15.5 Å². The van der Waals surface area contributed by atoms with Gasteiger partial charge in [-0.1, -0.05) is 60.5 Å². The smallest absolute Gasteiger partial charge is 0.294 e. The molecule has 0 saturated carbocycles. The first-order chi connectivity index (χ1) is 18.0. The van der Waals surface area contributed by atoms with Gasteiger partial charge in [0.1, 0.15) is 11.4 Å². The number of rotatable bonds is 7. The van der Waals surface area contributed by atoms with Crippen molar-refractivity contribution in [3.63, 3.8) is 0 Å². The quantitative estimate of drug-likeness (QED) is 0.156. The van der Waals surface area contributed by atoms with Crippen LogP contribution in [0.3, 0.4) is 0 Å². The molecule has 1 amide bonds. The molecular weight excluding hydrogens is 553 g/mol. The van der Waals surface area contributed by atoms with E-state index in [1.165, 1.54) is 19.2 Å². The average molecular weight is 574 g/mol. The minimum absolute atomic E-state index is 0.0460. The van der Waals surface area contributed by atoms with Gasteiger partial charge in [-0.05, 0) is 47.7 Å². The first kappa shape index (κ1) is 27.3. The molecule has 0 aliphatic heterocycles. The normalized spacial score (nSPS) is 11.7. The maximum Gasteiger partial charge on any atom is 0.294 e. The Morgan fingerprint density at radius 2 is 1.76 bits per heavy atom. The Kier molecular flexibility index (Phi) is 7.89. The molecule has 0 atom stereocenters. The minimum atomic E-state index is -4.55. The number of nitrogens with one attached hydrogen (secondary N) is 1. The summed E-state index contributed by atoms with van der Waals surface area (Å²) in [5.74, 6) is -0.881. The van der Waals surface area contributed by atoms with Gasteiger partial charge < -0.3 is 15.2 Å². The van der Waals surface area contributed by atoms with Gasteiger partial charge in [0.15, 0.2) is 11.5 Å². The number of benzene rings is 4. The summed E-state index contributed by atoms with van der Waals surface area (Å²) in [7, 11) is -3.14. The van der Waals surface area contributed by atoms with Crippen LogP contribution in [0.1, 0.15) is 22.8 Å². The molecule has 4 aromatic rings. The predicted octanol–water partition coefficient (Wildman–Crippen LogP) is 7.34. The fourth-order valence-electron chi connectivity index (χ4n) is 3.88. The van der Waals surface area contributed by atoms with Gasteiger partial charge in [0.2, 0.25) is 0 Å². The summed E-state index contributed by atoms with van der Waals surface area (Å²) in [5, 5.41) is 23.4. The van der Waals surface area contributed by atoms with E-state index in [1.54, 1.807) is 49.4 Å². The number of phenols is 1. The van der Waals surface area contributed by atoms with Crippen LogP contribution in [-0.4, -0.2) is 31.1 Å². The molecule has 0 saturated heterocycles. The molecule has 0 aliphatic carbocycles.